The molecule has 1 rings (SSSR count). The van der Waals surface area contributed by atoms with Crippen molar-refractivity contribution in [1.82, 2.24) is 30.3 Å². The number of rotatable bonds is 8. The van der Waals surface area contributed by atoms with E-state index in [0.29, 0.717) is 12.6 Å². The lowest BCUT2D eigenvalue weighted by Crippen LogP contribution is -2.46. The summed E-state index contributed by atoms with van der Waals surface area (Å²) in [5.74, 6) is 1.67. The minimum Gasteiger partial charge on any atom is -0.357 e. The Bertz CT molecular complexity index is 429. The van der Waals surface area contributed by atoms with E-state index in [1.807, 2.05) is 7.05 Å². The Hall–Kier alpha value is -0.900. The Balaban J connectivity index is 0.00000441. The van der Waals surface area contributed by atoms with Crippen molar-refractivity contribution in [3.8, 4) is 0 Å². The number of likely N-dealkylation sites (N-methyl/N-ethyl adjacent to an activating group) is 1. The van der Waals surface area contributed by atoms with Crippen molar-refractivity contribution in [2.45, 2.75) is 40.3 Å². The third-order valence-corrected chi connectivity index (χ3v) is 3.53. The predicted octanol–water partition coefficient (Wildman–Crippen LogP) is 1.22. The average molecular weight is 423 g/mol. The molecule has 0 bridgehead atoms. The van der Waals surface area contributed by atoms with Crippen LogP contribution in [0.1, 0.15) is 33.5 Å². The number of aryl methyl sites for hydroxylation is 1. The Kier molecular flexibility index (Phi) is 11.2. The minimum atomic E-state index is 0. The first-order valence-corrected chi connectivity index (χ1v) is 7.71. The first-order chi connectivity index (χ1) is 10.1. The van der Waals surface area contributed by atoms with Gasteiger partial charge in [-0.05, 0) is 26.9 Å². The molecule has 1 unspecified atom stereocenters. The summed E-state index contributed by atoms with van der Waals surface area (Å²) in [6.45, 7) is 13.0. The van der Waals surface area contributed by atoms with Crippen LogP contribution in [0.4, 0.5) is 0 Å². The van der Waals surface area contributed by atoms with Gasteiger partial charge in [0, 0.05) is 26.2 Å². The second-order valence-electron chi connectivity index (χ2n) is 4.95. The molecule has 1 heterocycles. The van der Waals surface area contributed by atoms with Gasteiger partial charge in [0.1, 0.15) is 18.7 Å². The predicted molar refractivity (Wildman–Crippen MR) is 102 cm³/mol. The van der Waals surface area contributed by atoms with Crippen LogP contribution in [0.3, 0.4) is 0 Å². The Labute approximate surface area is 151 Å². The maximum atomic E-state index is 4.55. The number of halogens is 1. The van der Waals surface area contributed by atoms with E-state index < -0.39 is 0 Å². The van der Waals surface area contributed by atoms with Crippen LogP contribution in [0.5, 0.6) is 0 Å². The third-order valence-electron chi connectivity index (χ3n) is 3.53. The number of nitrogens with zero attached hydrogens (tertiary/aromatic N) is 5. The molecule has 0 fully saturated rings. The van der Waals surface area contributed by atoms with Crippen molar-refractivity contribution >= 4 is 29.9 Å². The van der Waals surface area contributed by atoms with E-state index in [4.69, 9.17) is 0 Å². The van der Waals surface area contributed by atoms with Crippen LogP contribution in [0, 0.1) is 0 Å². The fraction of sp³-hybridized carbons (Fsp3) is 0.786. The molecule has 128 valence electrons. The molecule has 8 heteroatoms. The van der Waals surface area contributed by atoms with Gasteiger partial charge in [-0.15, -0.1) is 24.0 Å². The van der Waals surface area contributed by atoms with Gasteiger partial charge >= 0.3 is 0 Å². The molecule has 7 nitrogen and oxygen atoms in total. The van der Waals surface area contributed by atoms with Gasteiger partial charge in [0.25, 0.3) is 0 Å². The fourth-order valence-electron chi connectivity index (χ4n) is 2.18. The van der Waals surface area contributed by atoms with Crippen LogP contribution < -0.4 is 10.6 Å². The standard InChI is InChI=1S/C14H29N7.HI/c1-6-15-14(16-9-12(4)21(7-2)8-3)17-10-13-18-11-19-20(13)5;/h11-12H,6-10H2,1-5H3,(H2,15,16,17);1H. The SMILES string of the molecule is CCNC(=NCc1ncnn1C)NCC(C)N(CC)CC.I. The maximum absolute atomic E-state index is 4.55. The van der Waals surface area contributed by atoms with Crippen molar-refractivity contribution in [1.29, 1.82) is 0 Å². The summed E-state index contributed by atoms with van der Waals surface area (Å²) >= 11 is 0. The molecule has 1 aromatic rings. The molecule has 0 amide bonds. The van der Waals surface area contributed by atoms with Crippen LogP contribution in [-0.2, 0) is 13.6 Å². The minimum absolute atomic E-state index is 0. The molecule has 1 aromatic heterocycles. The van der Waals surface area contributed by atoms with E-state index in [0.717, 1.165) is 38.0 Å². The van der Waals surface area contributed by atoms with Crippen molar-refractivity contribution in [3.63, 3.8) is 0 Å². The van der Waals surface area contributed by atoms with Gasteiger partial charge in [-0.1, -0.05) is 13.8 Å². The molecule has 22 heavy (non-hydrogen) atoms. The number of aliphatic imine (C=N–C) groups is 1. The van der Waals surface area contributed by atoms with Crippen molar-refractivity contribution in [2.75, 3.05) is 26.2 Å². The zero-order valence-corrected chi connectivity index (χ0v) is 16.7. The zero-order valence-electron chi connectivity index (χ0n) is 14.3. The fourth-order valence-corrected chi connectivity index (χ4v) is 2.18. The van der Waals surface area contributed by atoms with Crippen molar-refractivity contribution in [3.05, 3.63) is 12.2 Å². The van der Waals surface area contributed by atoms with Gasteiger partial charge in [-0.2, -0.15) is 5.10 Å². The largest absolute Gasteiger partial charge is 0.357 e. The lowest BCUT2D eigenvalue weighted by molar-refractivity contribution is 0.231. The van der Waals surface area contributed by atoms with E-state index in [9.17, 15) is 0 Å². The highest BCUT2D eigenvalue weighted by Gasteiger charge is 2.10. The number of guanidine groups is 1. The molecule has 0 radical (unpaired) electrons. The van der Waals surface area contributed by atoms with Gasteiger partial charge in [0.05, 0.1) is 0 Å². The highest BCUT2D eigenvalue weighted by Crippen LogP contribution is 1.97. The topological polar surface area (TPSA) is 70.4 Å². The average Bonchev–Trinajstić information content (AvgIpc) is 2.88. The van der Waals surface area contributed by atoms with E-state index >= 15 is 0 Å². The van der Waals surface area contributed by atoms with Gasteiger partial charge in [-0.3, -0.25) is 9.58 Å². The van der Waals surface area contributed by atoms with E-state index in [1.54, 1.807) is 11.0 Å². The molecule has 0 saturated heterocycles. The summed E-state index contributed by atoms with van der Waals surface area (Å²) in [7, 11) is 1.88. The molecule has 0 spiro atoms. The number of nitrogens with one attached hydrogen (secondary N) is 2. The zero-order chi connectivity index (χ0) is 15.7. The maximum Gasteiger partial charge on any atom is 0.191 e. The Morgan fingerprint density at radius 1 is 1.32 bits per heavy atom. The lowest BCUT2D eigenvalue weighted by atomic mass is 10.3. The normalized spacial score (nSPS) is 12.9. The summed E-state index contributed by atoms with van der Waals surface area (Å²) < 4.78 is 1.74. The highest BCUT2D eigenvalue weighted by molar-refractivity contribution is 14.0. The van der Waals surface area contributed by atoms with Crippen molar-refractivity contribution in [2.24, 2.45) is 12.0 Å². The van der Waals surface area contributed by atoms with E-state index in [1.165, 1.54) is 0 Å². The van der Waals surface area contributed by atoms with Crippen LogP contribution in [0.25, 0.3) is 0 Å². The summed E-state index contributed by atoms with van der Waals surface area (Å²) in [5.41, 5.74) is 0. The Morgan fingerprint density at radius 3 is 2.50 bits per heavy atom. The molecule has 0 aromatic carbocycles. The van der Waals surface area contributed by atoms with Gasteiger partial charge < -0.3 is 10.6 Å². The van der Waals surface area contributed by atoms with E-state index in [-0.39, 0.29) is 24.0 Å². The van der Waals surface area contributed by atoms with Gasteiger partial charge in [0.2, 0.25) is 0 Å². The number of hydrogen-bond donors (Lipinski definition) is 2. The third kappa shape index (κ3) is 6.91. The monoisotopic (exact) mass is 423 g/mol. The number of hydrogen-bond acceptors (Lipinski definition) is 4. The Morgan fingerprint density at radius 2 is 2.00 bits per heavy atom. The summed E-state index contributed by atoms with van der Waals surface area (Å²) in [6.07, 6.45) is 1.55. The molecule has 0 aliphatic rings. The molecule has 2 N–H and O–H groups in total. The smallest absolute Gasteiger partial charge is 0.191 e. The van der Waals surface area contributed by atoms with Crippen molar-refractivity contribution < 1.29 is 0 Å². The second-order valence-corrected chi connectivity index (χ2v) is 4.95. The second kappa shape index (κ2) is 11.6. The van der Waals surface area contributed by atoms with Crippen LogP contribution in [-0.4, -0.2) is 57.8 Å². The number of aromatic nitrogens is 3. The summed E-state index contributed by atoms with van der Waals surface area (Å²) in [6, 6.07) is 0.471. The molecule has 1 atom stereocenters. The molecular weight excluding hydrogens is 393 g/mol. The lowest BCUT2D eigenvalue weighted by Gasteiger charge is -2.27. The summed E-state index contributed by atoms with van der Waals surface area (Å²) in [5, 5.41) is 10.7. The molecule has 0 aliphatic heterocycles. The quantitative estimate of drug-likeness (QED) is 0.374. The first-order valence-electron chi connectivity index (χ1n) is 7.71. The highest BCUT2D eigenvalue weighted by atomic mass is 127. The first kappa shape index (κ1) is 21.1. The molecule has 0 aliphatic carbocycles. The summed E-state index contributed by atoms with van der Waals surface area (Å²) in [4.78, 5) is 11.1. The van der Waals surface area contributed by atoms with Crippen LogP contribution >= 0.6 is 24.0 Å². The molecular formula is C14H30IN7. The van der Waals surface area contributed by atoms with Crippen LogP contribution in [0.15, 0.2) is 11.3 Å². The van der Waals surface area contributed by atoms with Gasteiger partial charge in [0.15, 0.2) is 5.96 Å². The van der Waals surface area contributed by atoms with Crippen LogP contribution in [0.2, 0.25) is 0 Å². The van der Waals surface area contributed by atoms with E-state index in [2.05, 4.69) is 58.3 Å². The molecule has 0 saturated carbocycles. The van der Waals surface area contributed by atoms with Gasteiger partial charge in [-0.25, -0.2) is 9.98 Å².